The Balaban J connectivity index is 1.96. The van der Waals surface area contributed by atoms with E-state index in [0.29, 0.717) is 6.61 Å². The van der Waals surface area contributed by atoms with Gasteiger partial charge in [0.25, 0.3) is 0 Å². The van der Waals surface area contributed by atoms with Gasteiger partial charge in [0.2, 0.25) is 0 Å². The second-order valence-electron chi connectivity index (χ2n) is 6.22. The van der Waals surface area contributed by atoms with Gasteiger partial charge in [0.15, 0.2) is 0 Å². The molecule has 0 radical (unpaired) electrons. The quantitative estimate of drug-likeness (QED) is 0.866. The molecule has 1 N–H and O–H groups in total. The lowest BCUT2D eigenvalue weighted by molar-refractivity contribution is 0.00838. The molecule has 1 heterocycles. The first-order chi connectivity index (χ1) is 7.89. The standard InChI is InChI=1S/C15H23NO/c1-14(2)10-13(15(3,4)16-14)17-11-12-8-6-5-7-9-12/h5-9,13,16H,10-11H2,1-4H3. The van der Waals surface area contributed by atoms with E-state index in [-0.39, 0.29) is 17.2 Å². The predicted octanol–water partition coefficient (Wildman–Crippen LogP) is 3.12. The Morgan fingerprint density at radius 3 is 2.35 bits per heavy atom. The van der Waals surface area contributed by atoms with Crippen LogP contribution in [0.1, 0.15) is 39.7 Å². The van der Waals surface area contributed by atoms with E-state index in [0.717, 1.165) is 6.42 Å². The summed E-state index contributed by atoms with van der Waals surface area (Å²) in [6.45, 7) is 9.61. The fraction of sp³-hybridized carbons (Fsp3) is 0.600. The van der Waals surface area contributed by atoms with Crippen LogP contribution in [0.25, 0.3) is 0 Å². The van der Waals surface area contributed by atoms with Crippen molar-refractivity contribution in [1.29, 1.82) is 0 Å². The van der Waals surface area contributed by atoms with Crippen molar-refractivity contribution in [2.24, 2.45) is 0 Å². The van der Waals surface area contributed by atoms with Crippen LogP contribution in [0.5, 0.6) is 0 Å². The van der Waals surface area contributed by atoms with Crippen LogP contribution in [0.4, 0.5) is 0 Å². The SMILES string of the molecule is CC1(C)CC(OCc2ccccc2)C(C)(C)N1. The minimum Gasteiger partial charge on any atom is -0.372 e. The Kier molecular flexibility index (Phi) is 3.28. The Bertz CT molecular complexity index is 370. The molecule has 17 heavy (non-hydrogen) atoms. The van der Waals surface area contributed by atoms with Gasteiger partial charge in [0.05, 0.1) is 12.7 Å². The molecule has 0 amide bonds. The van der Waals surface area contributed by atoms with Gasteiger partial charge in [-0.2, -0.15) is 0 Å². The van der Waals surface area contributed by atoms with E-state index in [1.165, 1.54) is 5.56 Å². The minimum atomic E-state index is 0.0538. The molecule has 2 heteroatoms. The van der Waals surface area contributed by atoms with Crippen molar-refractivity contribution < 1.29 is 4.74 Å². The Morgan fingerprint density at radius 2 is 1.82 bits per heavy atom. The van der Waals surface area contributed by atoms with Gasteiger partial charge in [-0.15, -0.1) is 0 Å². The highest BCUT2D eigenvalue weighted by molar-refractivity contribution is 5.14. The molecule has 0 bridgehead atoms. The molecular weight excluding hydrogens is 210 g/mol. The van der Waals surface area contributed by atoms with Gasteiger partial charge in [-0.05, 0) is 39.7 Å². The van der Waals surface area contributed by atoms with Gasteiger partial charge >= 0.3 is 0 Å². The largest absolute Gasteiger partial charge is 0.372 e. The smallest absolute Gasteiger partial charge is 0.0773 e. The van der Waals surface area contributed by atoms with E-state index in [4.69, 9.17) is 4.74 Å². The fourth-order valence-corrected chi connectivity index (χ4v) is 2.76. The van der Waals surface area contributed by atoms with Crippen LogP contribution >= 0.6 is 0 Å². The third kappa shape index (κ3) is 3.08. The topological polar surface area (TPSA) is 21.3 Å². The summed E-state index contributed by atoms with van der Waals surface area (Å²) < 4.78 is 6.08. The first-order valence-electron chi connectivity index (χ1n) is 6.34. The summed E-state index contributed by atoms with van der Waals surface area (Å²) in [5.74, 6) is 0. The number of hydrogen-bond acceptors (Lipinski definition) is 2. The van der Waals surface area contributed by atoms with Gasteiger partial charge in [-0.1, -0.05) is 30.3 Å². The molecule has 1 aliphatic rings. The molecule has 0 saturated carbocycles. The minimum absolute atomic E-state index is 0.0538. The van der Waals surface area contributed by atoms with E-state index in [9.17, 15) is 0 Å². The maximum atomic E-state index is 6.08. The summed E-state index contributed by atoms with van der Waals surface area (Å²) in [5, 5.41) is 3.63. The lowest BCUT2D eigenvalue weighted by Crippen LogP contribution is -2.47. The number of nitrogens with one attached hydrogen (secondary N) is 1. The van der Waals surface area contributed by atoms with Crippen LogP contribution in [0, 0.1) is 0 Å². The van der Waals surface area contributed by atoms with E-state index in [1.54, 1.807) is 0 Å². The molecule has 0 aliphatic carbocycles. The van der Waals surface area contributed by atoms with Gasteiger partial charge < -0.3 is 10.1 Å². The summed E-state index contributed by atoms with van der Waals surface area (Å²) in [5.41, 5.74) is 1.47. The van der Waals surface area contributed by atoms with Gasteiger partial charge in [0, 0.05) is 11.1 Å². The van der Waals surface area contributed by atoms with Gasteiger partial charge in [0.1, 0.15) is 0 Å². The van der Waals surface area contributed by atoms with Crippen molar-refractivity contribution >= 4 is 0 Å². The van der Waals surface area contributed by atoms with Crippen LogP contribution in [-0.2, 0) is 11.3 Å². The molecule has 1 unspecified atom stereocenters. The molecular formula is C15H23NO. The van der Waals surface area contributed by atoms with Gasteiger partial charge in [-0.3, -0.25) is 0 Å². The monoisotopic (exact) mass is 233 g/mol. The van der Waals surface area contributed by atoms with E-state index in [1.807, 2.05) is 6.07 Å². The first-order valence-corrected chi connectivity index (χ1v) is 6.34. The van der Waals surface area contributed by atoms with E-state index in [2.05, 4.69) is 57.3 Å². The average molecular weight is 233 g/mol. The van der Waals surface area contributed by atoms with Crippen molar-refractivity contribution in [2.75, 3.05) is 0 Å². The zero-order chi connectivity index (χ0) is 12.5. The Morgan fingerprint density at radius 1 is 1.18 bits per heavy atom. The number of ether oxygens (including phenoxy) is 1. The maximum absolute atomic E-state index is 6.08. The lowest BCUT2D eigenvalue weighted by Gasteiger charge is -2.28. The first kappa shape index (κ1) is 12.6. The summed E-state index contributed by atoms with van der Waals surface area (Å²) in [4.78, 5) is 0. The second kappa shape index (κ2) is 4.43. The zero-order valence-corrected chi connectivity index (χ0v) is 11.3. The van der Waals surface area contributed by atoms with Crippen molar-refractivity contribution in [2.45, 2.75) is 57.9 Å². The fourth-order valence-electron chi connectivity index (χ4n) is 2.76. The molecule has 94 valence electrons. The normalized spacial score (nSPS) is 26.0. The third-order valence-electron chi connectivity index (χ3n) is 3.46. The molecule has 1 aromatic rings. The van der Waals surface area contributed by atoms with E-state index >= 15 is 0 Å². The Hall–Kier alpha value is -0.860. The molecule has 1 atom stereocenters. The predicted molar refractivity (Wildman–Crippen MR) is 70.9 cm³/mol. The van der Waals surface area contributed by atoms with Crippen molar-refractivity contribution in [1.82, 2.24) is 5.32 Å². The number of benzene rings is 1. The number of rotatable bonds is 3. The molecule has 2 rings (SSSR count). The van der Waals surface area contributed by atoms with Crippen LogP contribution in [0.2, 0.25) is 0 Å². The lowest BCUT2D eigenvalue weighted by atomic mass is 9.97. The highest BCUT2D eigenvalue weighted by atomic mass is 16.5. The second-order valence-corrected chi connectivity index (χ2v) is 6.22. The Labute approximate surface area is 104 Å². The third-order valence-corrected chi connectivity index (χ3v) is 3.46. The summed E-state index contributed by atoms with van der Waals surface area (Å²) in [6.07, 6.45) is 1.34. The highest BCUT2D eigenvalue weighted by Crippen LogP contribution is 2.33. The molecule has 0 spiro atoms. The van der Waals surface area contributed by atoms with Crippen LogP contribution < -0.4 is 5.32 Å². The highest BCUT2D eigenvalue weighted by Gasteiger charge is 2.44. The van der Waals surface area contributed by atoms with Crippen molar-refractivity contribution in [3.05, 3.63) is 35.9 Å². The maximum Gasteiger partial charge on any atom is 0.0773 e. The molecule has 1 saturated heterocycles. The molecule has 1 aromatic carbocycles. The molecule has 0 aromatic heterocycles. The van der Waals surface area contributed by atoms with Crippen molar-refractivity contribution in [3.63, 3.8) is 0 Å². The summed E-state index contributed by atoms with van der Waals surface area (Å²) in [6, 6.07) is 10.4. The number of hydrogen-bond donors (Lipinski definition) is 1. The van der Waals surface area contributed by atoms with Crippen LogP contribution in [-0.4, -0.2) is 17.2 Å². The molecule has 1 aliphatic heterocycles. The van der Waals surface area contributed by atoms with Crippen LogP contribution in [0.3, 0.4) is 0 Å². The van der Waals surface area contributed by atoms with Gasteiger partial charge in [-0.25, -0.2) is 0 Å². The molecule has 1 fully saturated rings. The summed E-state index contributed by atoms with van der Waals surface area (Å²) >= 11 is 0. The van der Waals surface area contributed by atoms with Crippen LogP contribution in [0.15, 0.2) is 30.3 Å². The molecule has 2 nitrogen and oxygen atoms in total. The van der Waals surface area contributed by atoms with Crippen molar-refractivity contribution in [3.8, 4) is 0 Å². The van der Waals surface area contributed by atoms with E-state index < -0.39 is 0 Å². The summed E-state index contributed by atoms with van der Waals surface area (Å²) in [7, 11) is 0. The average Bonchev–Trinajstić information content (AvgIpc) is 2.45. The zero-order valence-electron chi connectivity index (χ0n) is 11.3.